The number of aromatic nitrogens is 1. The maximum atomic E-state index is 14.5. The van der Waals surface area contributed by atoms with E-state index in [1.165, 1.54) is 24.5 Å². The van der Waals surface area contributed by atoms with Crippen LogP contribution in [0.2, 0.25) is 0 Å². The number of rotatable bonds is 5. The molecule has 1 aromatic carbocycles. The maximum absolute atomic E-state index is 14.5. The molecular weight excluding hydrogens is 375 g/mol. The fraction of sp³-hybridized carbons (Fsp3) is 0.294. The Labute approximate surface area is 155 Å². The summed E-state index contributed by atoms with van der Waals surface area (Å²) in [7, 11) is -4.20. The first kappa shape index (κ1) is 17.5. The highest BCUT2D eigenvalue weighted by Crippen LogP contribution is 2.40. The highest BCUT2D eigenvalue weighted by atomic mass is 32.2. The predicted molar refractivity (Wildman–Crippen MR) is 96.0 cm³/mol. The molecule has 2 heterocycles. The normalized spacial score (nSPS) is 18.4. The standard InChI is InChI=1S/C17H17FN4O4S/c18-13-5-10(8-20-15-7-12(3-4-19-15)11-1-2-11)6-14(23)17(13)22-9-16(24)21-27(22,25)26/h3-7,11,23H,1-2,8-9H2,(H,19,20)(H,21,24). The van der Waals surface area contributed by atoms with Crippen molar-refractivity contribution in [2.24, 2.45) is 0 Å². The molecule has 2 aromatic rings. The first-order valence-electron chi connectivity index (χ1n) is 8.38. The van der Waals surface area contributed by atoms with Gasteiger partial charge in [-0.3, -0.25) is 4.79 Å². The number of phenolic OH excluding ortho intramolecular Hbond substituents is 1. The lowest BCUT2D eigenvalue weighted by Gasteiger charge is -2.18. The van der Waals surface area contributed by atoms with E-state index < -0.39 is 39.9 Å². The quantitative estimate of drug-likeness (QED) is 0.713. The zero-order valence-electron chi connectivity index (χ0n) is 14.1. The first-order valence-corrected chi connectivity index (χ1v) is 9.82. The van der Waals surface area contributed by atoms with E-state index in [2.05, 4.69) is 10.3 Å². The number of halogens is 1. The van der Waals surface area contributed by atoms with E-state index in [1.807, 2.05) is 12.1 Å². The Morgan fingerprint density at radius 3 is 2.74 bits per heavy atom. The fourth-order valence-corrected chi connectivity index (χ4v) is 4.21. The maximum Gasteiger partial charge on any atom is 0.326 e. The zero-order chi connectivity index (χ0) is 19.2. The van der Waals surface area contributed by atoms with Crippen molar-refractivity contribution >= 4 is 27.6 Å². The Kier molecular flexibility index (Phi) is 4.14. The van der Waals surface area contributed by atoms with Crippen LogP contribution in [0.25, 0.3) is 0 Å². The minimum absolute atomic E-state index is 0.190. The van der Waals surface area contributed by atoms with Gasteiger partial charge < -0.3 is 10.4 Å². The third-order valence-corrected chi connectivity index (χ3v) is 5.86. The van der Waals surface area contributed by atoms with Crippen LogP contribution in [-0.4, -0.2) is 31.0 Å². The van der Waals surface area contributed by atoms with Crippen molar-refractivity contribution in [3.8, 4) is 5.75 Å². The number of phenols is 1. The Bertz CT molecular complexity index is 1000. The van der Waals surface area contributed by atoms with E-state index in [0.717, 1.165) is 6.07 Å². The molecule has 2 aliphatic rings. The van der Waals surface area contributed by atoms with Crippen LogP contribution >= 0.6 is 0 Å². The molecule has 0 radical (unpaired) electrons. The summed E-state index contributed by atoms with van der Waals surface area (Å²) in [5.41, 5.74) is 1.06. The van der Waals surface area contributed by atoms with Gasteiger partial charge in [0.2, 0.25) is 0 Å². The van der Waals surface area contributed by atoms with Crippen LogP contribution in [0.5, 0.6) is 5.75 Å². The van der Waals surface area contributed by atoms with E-state index in [-0.39, 0.29) is 6.54 Å². The van der Waals surface area contributed by atoms with Gasteiger partial charge in [-0.25, -0.2) is 18.4 Å². The van der Waals surface area contributed by atoms with Crippen LogP contribution in [0, 0.1) is 5.82 Å². The van der Waals surface area contributed by atoms with Gasteiger partial charge in [0.25, 0.3) is 5.91 Å². The highest BCUT2D eigenvalue weighted by Gasteiger charge is 2.37. The number of hydrogen-bond donors (Lipinski definition) is 3. The molecule has 2 fully saturated rings. The topological polar surface area (TPSA) is 112 Å². The molecule has 1 aromatic heterocycles. The number of benzene rings is 1. The van der Waals surface area contributed by atoms with Crippen LogP contribution < -0.4 is 14.3 Å². The summed E-state index contributed by atoms with van der Waals surface area (Å²) >= 11 is 0. The van der Waals surface area contributed by atoms with Gasteiger partial charge in [0.1, 0.15) is 23.8 Å². The molecule has 4 rings (SSSR count). The van der Waals surface area contributed by atoms with Crippen molar-refractivity contribution in [2.75, 3.05) is 16.2 Å². The fourth-order valence-electron chi connectivity index (χ4n) is 3.04. The summed E-state index contributed by atoms with van der Waals surface area (Å²) < 4.78 is 40.5. The van der Waals surface area contributed by atoms with Crippen molar-refractivity contribution in [1.82, 2.24) is 9.71 Å². The SMILES string of the molecule is O=C1CN(c2c(O)cc(CNc3cc(C4CC4)ccn3)cc2F)S(=O)(=O)N1. The Morgan fingerprint density at radius 2 is 2.11 bits per heavy atom. The molecule has 1 aliphatic heterocycles. The number of amides is 1. The molecule has 0 unspecified atom stereocenters. The highest BCUT2D eigenvalue weighted by molar-refractivity contribution is 7.92. The van der Waals surface area contributed by atoms with Crippen LogP contribution in [0.3, 0.4) is 0 Å². The number of anilines is 2. The molecule has 1 saturated carbocycles. The largest absolute Gasteiger partial charge is 0.506 e. The van der Waals surface area contributed by atoms with E-state index in [0.29, 0.717) is 21.6 Å². The number of nitrogens with one attached hydrogen (secondary N) is 2. The molecule has 0 spiro atoms. The van der Waals surface area contributed by atoms with Crippen molar-refractivity contribution < 1.29 is 22.7 Å². The van der Waals surface area contributed by atoms with Gasteiger partial charge in [-0.1, -0.05) is 0 Å². The molecular formula is C17H17FN4O4S. The molecule has 8 nitrogen and oxygen atoms in total. The molecule has 0 bridgehead atoms. The predicted octanol–water partition coefficient (Wildman–Crippen LogP) is 1.60. The van der Waals surface area contributed by atoms with Gasteiger partial charge in [0.15, 0.2) is 5.82 Å². The molecule has 10 heteroatoms. The van der Waals surface area contributed by atoms with Gasteiger partial charge in [-0.05, 0) is 54.2 Å². The van der Waals surface area contributed by atoms with Crippen molar-refractivity contribution in [2.45, 2.75) is 25.3 Å². The van der Waals surface area contributed by atoms with Crippen molar-refractivity contribution in [3.63, 3.8) is 0 Å². The summed E-state index contributed by atoms with van der Waals surface area (Å²) in [6, 6.07) is 6.28. The van der Waals surface area contributed by atoms with E-state index in [9.17, 15) is 22.7 Å². The third-order valence-electron chi connectivity index (χ3n) is 4.48. The third kappa shape index (κ3) is 3.52. The average molecular weight is 392 g/mol. The lowest BCUT2D eigenvalue weighted by atomic mass is 10.1. The Hall–Kier alpha value is -2.88. The smallest absolute Gasteiger partial charge is 0.326 e. The van der Waals surface area contributed by atoms with Crippen molar-refractivity contribution in [3.05, 3.63) is 47.4 Å². The van der Waals surface area contributed by atoms with E-state index in [4.69, 9.17) is 0 Å². The molecule has 1 amide bonds. The van der Waals surface area contributed by atoms with Crippen molar-refractivity contribution in [1.29, 1.82) is 0 Å². The summed E-state index contributed by atoms with van der Waals surface area (Å²) in [6.45, 7) is -0.391. The summed E-state index contributed by atoms with van der Waals surface area (Å²) in [6.07, 6.45) is 4.04. The minimum atomic E-state index is -4.20. The summed E-state index contributed by atoms with van der Waals surface area (Å²) in [5, 5.41) is 13.2. The second kappa shape index (κ2) is 6.38. The minimum Gasteiger partial charge on any atom is -0.506 e. The molecule has 1 saturated heterocycles. The van der Waals surface area contributed by atoms with E-state index in [1.54, 1.807) is 10.9 Å². The van der Waals surface area contributed by atoms with Crippen LogP contribution in [0.4, 0.5) is 15.9 Å². The van der Waals surface area contributed by atoms with Gasteiger partial charge in [0, 0.05) is 12.7 Å². The molecule has 0 atom stereocenters. The van der Waals surface area contributed by atoms with Gasteiger partial charge in [0.05, 0.1) is 0 Å². The number of nitrogens with zero attached hydrogens (tertiary/aromatic N) is 2. The zero-order valence-corrected chi connectivity index (χ0v) is 15.0. The number of hydrogen-bond acceptors (Lipinski definition) is 6. The monoisotopic (exact) mass is 392 g/mol. The van der Waals surface area contributed by atoms with Crippen LogP contribution in [-0.2, 0) is 21.5 Å². The lowest BCUT2D eigenvalue weighted by Crippen LogP contribution is -2.30. The number of carbonyl (C=O) groups is 1. The summed E-state index contributed by atoms with van der Waals surface area (Å²) in [5.74, 6) is -1.08. The van der Waals surface area contributed by atoms with Gasteiger partial charge in [-0.15, -0.1) is 0 Å². The average Bonchev–Trinajstić information content (AvgIpc) is 3.39. The second-order valence-electron chi connectivity index (χ2n) is 6.58. The Balaban J connectivity index is 1.53. The van der Waals surface area contributed by atoms with E-state index >= 15 is 0 Å². The van der Waals surface area contributed by atoms with Crippen LogP contribution in [0.15, 0.2) is 30.5 Å². The number of aromatic hydroxyl groups is 1. The first-order chi connectivity index (χ1) is 12.8. The van der Waals surface area contributed by atoms with Gasteiger partial charge >= 0.3 is 10.2 Å². The Morgan fingerprint density at radius 1 is 1.33 bits per heavy atom. The number of carbonyl (C=O) groups excluding carboxylic acids is 1. The molecule has 1 aliphatic carbocycles. The second-order valence-corrected chi connectivity index (χ2v) is 8.18. The van der Waals surface area contributed by atoms with Gasteiger partial charge in [-0.2, -0.15) is 8.42 Å². The molecule has 3 N–H and O–H groups in total. The molecule has 142 valence electrons. The number of pyridine rings is 1. The summed E-state index contributed by atoms with van der Waals surface area (Å²) in [4.78, 5) is 15.5. The molecule has 27 heavy (non-hydrogen) atoms. The van der Waals surface area contributed by atoms with Crippen LogP contribution in [0.1, 0.15) is 29.9 Å². The lowest BCUT2D eigenvalue weighted by molar-refractivity contribution is -0.117.